The number of nitrogens with two attached hydrogens (primary N) is 1. The molecule has 20 heavy (non-hydrogen) atoms. The highest BCUT2D eigenvalue weighted by Crippen LogP contribution is 2.29. The fraction of sp³-hybridized carbons (Fsp3) is 1.00. The van der Waals surface area contributed by atoms with E-state index >= 15 is 0 Å². The summed E-state index contributed by atoms with van der Waals surface area (Å²) < 4.78 is 5.34. The van der Waals surface area contributed by atoms with Crippen molar-refractivity contribution >= 4 is 0 Å². The molecule has 1 saturated carbocycles. The molecule has 0 aliphatic heterocycles. The maximum Gasteiger partial charge on any atom is 0.0589 e. The van der Waals surface area contributed by atoms with E-state index in [0.29, 0.717) is 12.1 Å². The fourth-order valence-corrected chi connectivity index (χ4v) is 3.87. The van der Waals surface area contributed by atoms with Crippen LogP contribution in [0.4, 0.5) is 0 Å². The van der Waals surface area contributed by atoms with Crippen LogP contribution in [0.3, 0.4) is 0 Å². The summed E-state index contributed by atoms with van der Waals surface area (Å²) >= 11 is 0. The molecule has 2 N–H and O–H groups in total. The van der Waals surface area contributed by atoms with Crippen LogP contribution in [0.15, 0.2) is 0 Å². The van der Waals surface area contributed by atoms with E-state index < -0.39 is 0 Å². The molecule has 0 saturated heterocycles. The topological polar surface area (TPSA) is 38.5 Å². The Labute approximate surface area is 126 Å². The van der Waals surface area contributed by atoms with Crippen molar-refractivity contribution in [1.82, 2.24) is 4.90 Å². The number of ether oxygens (including phenoxy) is 1. The van der Waals surface area contributed by atoms with Gasteiger partial charge in [-0.25, -0.2) is 0 Å². The van der Waals surface area contributed by atoms with E-state index in [0.717, 1.165) is 25.6 Å². The fourth-order valence-electron chi connectivity index (χ4n) is 3.87. The van der Waals surface area contributed by atoms with E-state index in [1.165, 1.54) is 51.4 Å². The van der Waals surface area contributed by atoms with Crippen LogP contribution in [0.5, 0.6) is 0 Å². The van der Waals surface area contributed by atoms with Gasteiger partial charge in [-0.05, 0) is 31.6 Å². The van der Waals surface area contributed by atoms with Crippen molar-refractivity contribution in [1.29, 1.82) is 0 Å². The average Bonchev–Trinajstić information content (AvgIpc) is 2.75. The lowest BCUT2D eigenvalue weighted by Crippen LogP contribution is -2.51. The van der Waals surface area contributed by atoms with Crippen LogP contribution in [-0.2, 0) is 4.74 Å². The minimum Gasteiger partial charge on any atom is -0.383 e. The van der Waals surface area contributed by atoms with Gasteiger partial charge in [-0.3, -0.25) is 4.90 Å². The summed E-state index contributed by atoms with van der Waals surface area (Å²) in [6.07, 6.45) is 10.8. The van der Waals surface area contributed by atoms with Crippen LogP contribution in [0, 0.1) is 5.92 Å². The zero-order chi connectivity index (χ0) is 14.8. The van der Waals surface area contributed by atoms with Gasteiger partial charge in [0.05, 0.1) is 6.61 Å². The van der Waals surface area contributed by atoms with Crippen molar-refractivity contribution in [2.75, 3.05) is 26.8 Å². The lowest BCUT2D eigenvalue weighted by atomic mass is 9.89. The Balaban J connectivity index is 2.75. The van der Waals surface area contributed by atoms with E-state index in [1.54, 1.807) is 7.11 Å². The average molecular weight is 284 g/mol. The van der Waals surface area contributed by atoms with Gasteiger partial charge < -0.3 is 10.5 Å². The molecule has 0 heterocycles. The molecule has 1 aliphatic rings. The lowest BCUT2D eigenvalue weighted by Gasteiger charge is -2.41. The van der Waals surface area contributed by atoms with Crippen LogP contribution in [0.2, 0.25) is 0 Å². The molecule has 0 aromatic carbocycles. The largest absolute Gasteiger partial charge is 0.383 e. The monoisotopic (exact) mass is 284 g/mol. The van der Waals surface area contributed by atoms with E-state index in [9.17, 15) is 0 Å². The van der Waals surface area contributed by atoms with Crippen molar-refractivity contribution in [3.8, 4) is 0 Å². The van der Waals surface area contributed by atoms with Crippen molar-refractivity contribution in [3.05, 3.63) is 0 Å². The van der Waals surface area contributed by atoms with Crippen LogP contribution in [0.1, 0.15) is 65.2 Å². The minimum absolute atomic E-state index is 0.549. The van der Waals surface area contributed by atoms with Gasteiger partial charge in [-0.1, -0.05) is 39.5 Å². The Hall–Kier alpha value is -0.120. The maximum absolute atomic E-state index is 6.19. The molecule has 0 bridgehead atoms. The number of methoxy groups -OCH3 is 1. The van der Waals surface area contributed by atoms with Gasteiger partial charge in [0.25, 0.3) is 0 Å². The zero-order valence-electron chi connectivity index (χ0n) is 13.9. The summed E-state index contributed by atoms with van der Waals surface area (Å²) in [6.45, 7) is 7.25. The first-order valence-corrected chi connectivity index (χ1v) is 8.73. The first-order chi connectivity index (χ1) is 9.78. The van der Waals surface area contributed by atoms with E-state index in [2.05, 4.69) is 18.7 Å². The molecule has 1 unspecified atom stereocenters. The molecule has 0 amide bonds. The summed E-state index contributed by atoms with van der Waals surface area (Å²) in [4.78, 5) is 2.67. The van der Waals surface area contributed by atoms with Gasteiger partial charge in [-0.15, -0.1) is 0 Å². The second-order valence-corrected chi connectivity index (χ2v) is 6.26. The van der Waals surface area contributed by atoms with Gasteiger partial charge in [0.15, 0.2) is 0 Å². The number of rotatable bonds is 9. The third-order valence-electron chi connectivity index (χ3n) is 5.08. The highest BCUT2D eigenvalue weighted by atomic mass is 16.5. The lowest BCUT2D eigenvalue weighted by molar-refractivity contribution is 0.0527. The van der Waals surface area contributed by atoms with Crippen molar-refractivity contribution < 1.29 is 4.74 Å². The minimum atomic E-state index is 0.549. The highest BCUT2D eigenvalue weighted by Gasteiger charge is 2.30. The van der Waals surface area contributed by atoms with Gasteiger partial charge in [0.2, 0.25) is 0 Å². The zero-order valence-corrected chi connectivity index (χ0v) is 13.9. The van der Waals surface area contributed by atoms with Gasteiger partial charge >= 0.3 is 0 Å². The molecule has 0 radical (unpaired) electrons. The highest BCUT2D eigenvalue weighted by molar-refractivity contribution is 4.85. The van der Waals surface area contributed by atoms with Crippen molar-refractivity contribution in [2.45, 2.75) is 77.3 Å². The third-order valence-corrected chi connectivity index (χ3v) is 5.08. The summed E-state index contributed by atoms with van der Waals surface area (Å²) in [5.74, 6) is 0.792. The molecule has 3 nitrogen and oxygen atoms in total. The van der Waals surface area contributed by atoms with Gasteiger partial charge in [0, 0.05) is 32.3 Å². The quantitative estimate of drug-likeness (QED) is 0.659. The molecular weight excluding hydrogens is 248 g/mol. The van der Waals surface area contributed by atoms with Gasteiger partial charge in [-0.2, -0.15) is 0 Å². The molecule has 0 aromatic rings. The standard InChI is InChI=1S/C17H36N2O/c1-4-16(5-2)19(12-13-20-3)17(14-18)15-10-8-6-7-9-11-15/h15-17H,4-14,18H2,1-3H3. The number of hydrogen-bond acceptors (Lipinski definition) is 3. The molecule has 120 valence electrons. The van der Waals surface area contributed by atoms with E-state index in [4.69, 9.17) is 10.5 Å². The summed E-state index contributed by atoms with van der Waals surface area (Å²) in [7, 11) is 1.80. The summed E-state index contributed by atoms with van der Waals surface area (Å²) in [5.41, 5.74) is 6.19. The second-order valence-electron chi connectivity index (χ2n) is 6.26. The molecule has 3 heteroatoms. The summed E-state index contributed by atoms with van der Waals surface area (Å²) in [5, 5.41) is 0. The third kappa shape index (κ3) is 5.34. The normalized spacial score (nSPS) is 19.5. The number of hydrogen-bond donors (Lipinski definition) is 1. The summed E-state index contributed by atoms with van der Waals surface area (Å²) in [6, 6.07) is 1.20. The van der Waals surface area contributed by atoms with Crippen LogP contribution in [0.25, 0.3) is 0 Å². The maximum atomic E-state index is 6.19. The molecule has 1 rings (SSSR count). The smallest absolute Gasteiger partial charge is 0.0589 e. The van der Waals surface area contributed by atoms with Crippen molar-refractivity contribution in [2.24, 2.45) is 11.7 Å². The first-order valence-electron chi connectivity index (χ1n) is 8.73. The van der Waals surface area contributed by atoms with Crippen LogP contribution < -0.4 is 5.73 Å². The molecular formula is C17H36N2O. The molecule has 0 spiro atoms. The molecule has 1 atom stereocenters. The molecule has 1 aliphatic carbocycles. The van der Waals surface area contributed by atoms with Crippen molar-refractivity contribution in [3.63, 3.8) is 0 Å². The Bertz CT molecular complexity index is 223. The Morgan fingerprint density at radius 2 is 1.70 bits per heavy atom. The van der Waals surface area contributed by atoms with Gasteiger partial charge in [0.1, 0.15) is 0 Å². The van der Waals surface area contributed by atoms with Crippen LogP contribution >= 0.6 is 0 Å². The predicted octanol–water partition coefficient (Wildman–Crippen LogP) is 3.42. The van der Waals surface area contributed by atoms with Crippen LogP contribution in [-0.4, -0.2) is 43.8 Å². The Morgan fingerprint density at radius 1 is 1.10 bits per heavy atom. The SMILES string of the molecule is CCC(CC)N(CCOC)C(CN)C1CCCCCC1. The molecule has 1 fully saturated rings. The van der Waals surface area contributed by atoms with E-state index in [-0.39, 0.29) is 0 Å². The Morgan fingerprint density at radius 3 is 2.15 bits per heavy atom. The second kappa shape index (κ2) is 10.6. The Kier molecular flexibility index (Phi) is 9.49. The number of nitrogens with zero attached hydrogens (tertiary/aromatic N) is 1. The first kappa shape index (κ1) is 17.9. The predicted molar refractivity (Wildman–Crippen MR) is 87.0 cm³/mol. The van der Waals surface area contributed by atoms with E-state index in [1.807, 2.05) is 0 Å². The molecule has 0 aromatic heterocycles.